The fourth-order valence-corrected chi connectivity index (χ4v) is 2.28. The molecule has 1 unspecified atom stereocenters. The van der Waals surface area contributed by atoms with Crippen LogP contribution in [0.15, 0.2) is 0 Å². The molecule has 0 aliphatic heterocycles. The van der Waals surface area contributed by atoms with Crippen LogP contribution in [0.5, 0.6) is 0 Å². The fourth-order valence-electron chi connectivity index (χ4n) is 2.28. The number of hydrogen-bond acceptors (Lipinski definition) is 2. The van der Waals surface area contributed by atoms with Crippen LogP contribution < -0.4 is 5.32 Å². The Morgan fingerprint density at radius 3 is 2.54 bits per heavy atom. The maximum atomic E-state index is 5.24. The summed E-state index contributed by atoms with van der Waals surface area (Å²) >= 11 is 0. The zero-order chi connectivity index (χ0) is 9.73. The molecule has 1 N–H and O–H groups in total. The third kappa shape index (κ3) is 2.44. The van der Waals surface area contributed by atoms with Crippen LogP contribution in [0.25, 0.3) is 0 Å². The van der Waals surface area contributed by atoms with Crippen LogP contribution in [0, 0.1) is 11.3 Å². The van der Waals surface area contributed by atoms with Crippen LogP contribution in [0.1, 0.15) is 33.1 Å². The normalized spacial score (nSPS) is 22.4. The van der Waals surface area contributed by atoms with Gasteiger partial charge in [0.25, 0.3) is 0 Å². The van der Waals surface area contributed by atoms with Gasteiger partial charge in [0, 0.05) is 20.3 Å². The van der Waals surface area contributed by atoms with Crippen molar-refractivity contribution in [2.24, 2.45) is 11.3 Å². The average Bonchev–Trinajstić information content (AvgIpc) is 2.03. The summed E-state index contributed by atoms with van der Waals surface area (Å²) in [5.41, 5.74) is 0.548. The maximum Gasteiger partial charge on any atom is 0.0493 e. The molecule has 0 radical (unpaired) electrons. The van der Waals surface area contributed by atoms with Crippen molar-refractivity contribution in [2.45, 2.75) is 33.1 Å². The SMILES string of the molecule is CCNCC1(C(C)COC)CCC1. The molecular formula is C11H23NO. The van der Waals surface area contributed by atoms with Gasteiger partial charge in [-0.1, -0.05) is 20.3 Å². The summed E-state index contributed by atoms with van der Waals surface area (Å²) in [5, 5.41) is 3.47. The Morgan fingerprint density at radius 2 is 2.15 bits per heavy atom. The summed E-state index contributed by atoms with van der Waals surface area (Å²) in [6.45, 7) is 7.66. The Balaban J connectivity index is 2.38. The van der Waals surface area contributed by atoms with Crippen molar-refractivity contribution < 1.29 is 4.74 Å². The summed E-state index contributed by atoms with van der Waals surface area (Å²) in [4.78, 5) is 0. The molecule has 1 atom stereocenters. The smallest absolute Gasteiger partial charge is 0.0493 e. The van der Waals surface area contributed by atoms with Gasteiger partial charge in [0.15, 0.2) is 0 Å². The first kappa shape index (κ1) is 11.0. The van der Waals surface area contributed by atoms with Crippen molar-refractivity contribution >= 4 is 0 Å². The van der Waals surface area contributed by atoms with E-state index in [1.807, 2.05) is 0 Å². The van der Waals surface area contributed by atoms with Gasteiger partial charge in [0.1, 0.15) is 0 Å². The molecule has 0 saturated heterocycles. The molecule has 78 valence electrons. The van der Waals surface area contributed by atoms with Gasteiger partial charge in [-0.05, 0) is 30.7 Å². The Bertz CT molecular complexity index is 143. The third-order valence-corrected chi connectivity index (χ3v) is 3.54. The van der Waals surface area contributed by atoms with E-state index in [4.69, 9.17) is 4.74 Å². The number of hydrogen-bond donors (Lipinski definition) is 1. The van der Waals surface area contributed by atoms with Gasteiger partial charge in [0.05, 0.1) is 0 Å². The van der Waals surface area contributed by atoms with Gasteiger partial charge in [-0.2, -0.15) is 0 Å². The van der Waals surface area contributed by atoms with Gasteiger partial charge in [0.2, 0.25) is 0 Å². The topological polar surface area (TPSA) is 21.3 Å². The first-order chi connectivity index (χ1) is 6.25. The van der Waals surface area contributed by atoms with Crippen LogP contribution in [0.2, 0.25) is 0 Å². The van der Waals surface area contributed by atoms with E-state index in [2.05, 4.69) is 19.2 Å². The van der Waals surface area contributed by atoms with Crippen LogP contribution in [-0.4, -0.2) is 26.8 Å². The predicted molar refractivity (Wildman–Crippen MR) is 55.9 cm³/mol. The van der Waals surface area contributed by atoms with Gasteiger partial charge < -0.3 is 10.1 Å². The van der Waals surface area contributed by atoms with Gasteiger partial charge in [-0.15, -0.1) is 0 Å². The molecule has 13 heavy (non-hydrogen) atoms. The van der Waals surface area contributed by atoms with E-state index in [1.54, 1.807) is 7.11 Å². The third-order valence-electron chi connectivity index (χ3n) is 3.54. The number of ether oxygens (including phenoxy) is 1. The summed E-state index contributed by atoms with van der Waals surface area (Å²) < 4.78 is 5.24. The minimum Gasteiger partial charge on any atom is -0.384 e. The molecule has 0 amide bonds. The summed E-state index contributed by atoms with van der Waals surface area (Å²) in [5.74, 6) is 0.699. The van der Waals surface area contributed by atoms with E-state index in [9.17, 15) is 0 Å². The van der Waals surface area contributed by atoms with Crippen LogP contribution >= 0.6 is 0 Å². The molecule has 1 saturated carbocycles. The summed E-state index contributed by atoms with van der Waals surface area (Å²) in [7, 11) is 1.80. The lowest BCUT2D eigenvalue weighted by molar-refractivity contribution is 0.00960. The molecule has 2 nitrogen and oxygen atoms in total. The number of rotatable bonds is 6. The highest BCUT2D eigenvalue weighted by Gasteiger charge is 2.41. The van der Waals surface area contributed by atoms with Crippen molar-refractivity contribution in [2.75, 3.05) is 26.8 Å². The Kier molecular flexibility index (Phi) is 4.20. The van der Waals surface area contributed by atoms with Crippen LogP contribution in [0.3, 0.4) is 0 Å². The Labute approximate surface area is 82.0 Å². The minimum absolute atomic E-state index is 0.548. The molecule has 0 bridgehead atoms. The van der Waals surface area contributed by atoms with Crippen molar-refractivity contribution in [3.05, 3.63) is 0 Å². The summed E-state index contributed by atoms with van der Waals surface area (Å²) in [6, 6.07) is 0. The van der Waals surface area contributed by atoms with Crippen molar-refractivity contribution in [3.8, 4) is 0 Å². The molecular weight excluding hydrogens is 162 g/mol. The van der Waals surface area contributed by atoms with Crippen molar-refractivity contribution in [3.63, 3.8) is 0 Å². The van der Waals surface area contributed by atoms with Crippen LogP contribution in [-0.2, 0) is 4.74 Å². The molecule has 0 aromatic carbocycles. The highest BCUT2D eigenvalue weighted by Crippen LogP contribution is 2.46. The lowest BCUT2D eigenvalue weighted by Gasteiger charge is -2.46. The second-order valence-corrected chi connectivity index (χ2v) is 4.35. The zero-order valence-electron chi connectivity index (χ0n) is 9.23. The Morgan fingerprint density at radius 1 is 1.46 bits per heavy atom. The fraction of sp³-hybridized carbons (Fsp3) is 1.00. The van der Waals surface area contributed by atoms with E-state index in [0.717, 1.165) is 13.2 Å². The first-order valence-electron chi connectivity index (χ1n) is 5.45. The lowest BCUT2D eigenvalue weighted by atomic mass is 9.61. The predicted octanol–water partition coefficient (Wildman–Crippen LogP) is 2.05. The van der Waals surface area contributed by atoms with E-state index in [1.165, 1.54) is 25.8 Å². The molecule has 0 spiro atoms. The monoisotopic (exact) mass is 185 g/mol. The highest BCUT2D eigenvalue weighted by molar-refractivity contribution is 4.93. The van der Waals surface area contributed by atoms with Gasteiger partial charge in [-0.3, -0.25) is 0 Å². The second kappa shape index (κ2) is 4.97. The van der Waals surface area contributed by atoms with Gasteiger partial charge >= 0.3 is 0 Å². The number of methoxy groups -OCH3 is 1. The summed E-state index contributed by atoms with van der Waals surface area (Å²) in [6.07, 6.45) is 4.16. The number of nitrogens with one attached hydrogen (secondary N) is 1. The van der Waals surface area contributed by atoms with E-state index >= 15 is 0 Å². The molecule has 1 aliphatic rings. The first-order valence-corrected chi connectivity index (χ1v) is 5.45. The van der Waals surface area contributed by atoms with E-state index in [0.29, 0.717) is 11.3 Å². The van der Waals surface area contributed by atoms with Gasteiger partial charge in [-0.25, -0.2) is 0 Å². The van der Waals surface area contributed by atoms with Crippen molar-refractivity contribution in [1.29, 1.82) is 0 Å². The molecule has 2 heteroatoms. The molecule has 0 aromatic heterocycles. The largest absolute Gasteiger partial charge is 0.384 e. The average molecular weight is 185 g/mol. The van der Waals surface area contributed by atoms with Crippen LogP contribution in [0.4, 0.5) is 0 Å². The highest BCUT2D eigenvalue weighted by atomic mass is 16.5. The molecule has 1 fully saturated rings. The second-order valence-electron chi connectivity index (χ2n) is 4.35. The zero-order valence-corrected chi connectivity index (χ0v) is 9.23. The molecule has 1 aliphatic carbocycles. The lowest BCUT2D eigenvalue weighted by Crippen LogP contribution is -2.46. The van der Waals surface area contributed by atoms with Crippen molar-refractivity contribution in [1.82, 2.24) is 5.32 Å². The maximum absolute atomic E-state index is 5.24. The van der Waals surface area contributed by atoms with E-state index in [-0.39, 0.29) is 0 Å². The molecule has 0 heterocycles. The molecule has 1 rings (SSSR count). The minimum atomic E-state index is 0.548. The Hall–Kier alpha value is -0.0800. The molecule has 0 aromatic rings. The standard InChI is InChI=1S/C11H23NO/c1-4-12-9-11(6-5-7-11)10(2)8-13-3/h10,12H,4-9H2,1-3H3. The quantitative estimate of drug-likeness (QED) is 0.684. The van der Waals surface area contributed by atoms with E-state index < -0.39 is 0 Å².